The lowest BCUT2D eigenvalue weighted by Gasteiger charge is -2.23. The van der Waals surface area contributed by atoms with Crippen molar-refractivity contribution < 1.29 is 19.0 Å². The van der Waals surface area contributed by atoms with Crippen LogP contribution in [0, 0.1) is 0 Å². The predicted molar refractivity (Wildman–Crippen MR) is 90.3 cm³/mol. The van der Waals surface area contributed by atoms with Gasteiger partial charge in [-0.15, -0.1) is 6.58 Å². The van der Waals surface area contributed by atoms with Crippen molar-refractivity contribution in [1.82, 2.24) is 5.32 Å². The Bertz CT molecular complexity index is 468. The van der Waals surface area contributed by atoms with Gasteiger partial charge in [-0.05, 0) is 26.3 Å². The topological polar surface area (TPSA) is 56.8 Å². The minimum absolute atomic E-state index is 0.284. The van der Waals surface area contributed by atoms with Crippen LogP contribution in [0.4, 0.5) is 4.79 Å². The third-order valence-corrected chi connectivity index (χ3v) is 2.71. The van der Waals surface area contributed by atoms with Crippen LogP contribution in [0.25, 0.3) is 0 Å². The summed E-state index contributed by atoms with van der Waals surface area (Å²) in [4.78, 5) is 11.9. The predicted octanol–water partition coefficient (Wildman–Crippen LogP) is 3.30. The van der Waals surface area contributed by atoms with Crippen LogP contribution < -0.4 is 5.32 Å². The summed E-state index contributed by atoms with van der Waals surface area (Å²) >= 11 is 0. The molecule has 0 aliphatic carbocycles. The summed E-state index contributed by atoms with van der Waals surface area (Å²) in [5.74, 6) is 0. The van der Waals surface area contributed by atoms with Crippen LogP contribution in [0.5, 0.6) is 0 Å². The summed E-state index contributed by atoms with van der Waals surface area (Å²) < 4.78 is 16.3. The van der Waals surface area contributed by atoms with E-state index in [0.717, 1.165) is 5.56 Å². The second-order valence-electron chi connectivity index (χ2n) is 6.17. The fraction of sp³-hybridized carbons (Fsp3) is 0.500. The number of nitrogens with one attached hydrogen (secondary N) is 1. The van der Waals surface area contributed by atoms with E-state index >= 15 is 0 Å². The zero-order valence-electron chi connectivity index (χ0n) is 14.2. The number of carbonyl (C=O) groups excluding carboxylic acids is 1. The smallest absolute Gasteiger partial charge is 0.408 e. The lowest BCUT2D eigenvalue weighted by Crippen LogP contribution is -2.44. The molecule has 0 saturated carbocycles. The molecule has 0 bridgehead atoms. The standard InChI is InChI=1S/C18H27NO4/c1-5-11-21-13-16(19-17(20)23-18(2,3)4)14-22-12-15-9-7-6-8-10-15/h5-10,16H,1,11-14H2,2-4H3,(H,19,20)/t16-/m1/s1. The van der Waals surface area contributed by atoms with Crippen molar-refractivity contribution in [2.75, 3.05) is 19.8 Å². The largest absolute Gasteiger partial charge is 0.444 e. The average molecular weight is 321 g/mol. The molecule has 0 aromatic heterocycles. The molecule has 0 aliphatic rings. The number of alkyl carbamates (subject to hydrolysis) is 1. The van der Waals surface area contributed by atoms with E-state index in [0.29, 0.717) is 26.4 Å². The van der Waals surface area contributed by atoms with E-state index < -0.39 is 11.7 Å². The molecule has 0 aliphatic heterocycles. The number of amides is 1. The fourth-order valence-electron chi connectivity index (χ4n) is 1.79. The Kier molecular flexibility index (Phi) is 8.37. The van der Waals surface area contributed by atoms with E-state index in [1.54, 1.807) is 6.08 Å². The Morgan fingerprint density at radius 1 is 1.22 bits per heavy atom. The molecule has 1 N–H and O–H groups in total. The molecule has 1 aromatic rings. The Morgan fingerprint density at radius 3 is 2.48 bits per heavy atom. The van der Waals surface area contributed by atoms with Gasteiger partial charge < -0.3 is 19.5 Å². The first-order chi connectivity index (χ1) is 10.9. The van der Waals surface area contributed by atoms with Crippen molar-refractivity contribution in [1.29, 1.82) is 0 Å². The summed E-state index contributed by atoms with van der Waals surface area (Å²) in [5.41, 5.74) is 0.539. The zero-order valence-corrected chi connectivity index (χ0v) is 14.2. The van der Waals surface area contributed by atoms with Gasteiger partial charge in [0.25, 0.3) is 0 Å². The van der Waals surface area contributed by atoms with E-state index in [1.807, 2.05) is 51.1 Å². The van der Waals surface area contributed by atoms with Crippen molar-refractivity contribution in [3.63, 3.8) is 0 Å². The molecule has 0 radical (unpaired) electrons. The first-order valence-electron chi connectivity index (χ1n) is 7.70. The Balaban J connectivity index is 2.44. The molecule has 5 heteroatoms. The number of rotatable bonds is 9. The minimum atomic E-state index is -0.540. The third-order valence-electron chi connectivity index (χ3n) is 2.71. The second kappa shape index (κ2) is 10.0. The highest BCUT2D eigenvalue weighted by Gasteiger charge is 2.19. The molecular formula is C18H27NO4. The van der Waals surface area contributed by atoms with Crippen LogP contribution in [0.1, 0.15) is 26.3 Å². The molecule has 1 rings (SSSR count). The maximum atomic E-state index is 11.9. The quantitative estimate of drug-likeness (QED) is 0.560. The van der Waals surface area contributed by atoms with Crippen LogP contribution in [0.3, 0.4) is 0 Å². The average Bonchev–Trinajstić information content (AvgIpc) is 2.46. The molecule has 1 amide bonds. The van der Waals surface area contributed by atoms with Crippen molar-refractivity contribution in [3.05, 3.63) is 48.6 Å². The number of hydrogen-bond donors (Lipinski definition) is 1. The maximum Gasteiger partial charge on any atom is 0.408 e. The first kappa shape index (κ1) is 19.2. The monoisotopic (exact) mass is 321 g/mol. The van der Waals surface area contributed by atoms with Crippen molar-refractivity contribution in [2.24, 2.45) is 0 Å². The molecule has 0 saturated heterocycles. The normalized spacial score (nSPS) is 12.5. The van der Waals surface area contributed by atoms with Gasteiger partial charge in [-0.25, -0.2) is 4.79 Å². The Morgan fingerprint density at radius 2 is 1.87 bits per heavy atom. The van der Waals surface area contributed by atoms with Crippen molar-refractivity contribution in [2.45, 2.75) is 39.0 Å². The number of benzene rings is 1. The van der Waals surface area contributed by atoms with E-state index in [2.05, 4.69) is 11.9 Å². The summed E-state index contributed by atoms with van der Waals surface area (Å²) in [7, 11) is 0. The molecular weight excluding hydrogens is 294 g/mol. The Hall–Kier alpha value is -1.85. The summed E-state index contributed by atoms with van der Waals surface area (Å²) in [6.07, 6.45) is 1.18. The number of ether oxygens (including phenoxy) is 3. The molecule has 23 heavy (non-hydrogen) atoms. The molecule has 0 fully saturated rings. The SMILES string of the molecule is C=CCOC[C@H](COCc1ccccc1)NC(=O)OC(C)(C)C. The van der Waals surface area contributed by atoms with Crippen LogP contribution in [-0.4, -0.2) is 37.6 Å². The zero-order chi connectivity index (χ0) is 17.1. The number of hydrogen-bond acceptors (Lipinski definition) is 4. The molecule has 1 aromatic carbocycles. The van der Waals surface area contributed by atoms with Crippen LogP contribution in [0.15, 0.2) is 43.0 Å². The highest BCUT2D eigenvalue weighted by Crippen LogP contribution is 2.07. The van der Waals surface area contributed by atoms with Gasteiger partial charge in [0, 0.05) is 0 Å². The maximum absolute atomic E-state index is 11.9. The summed E-state index contributed by atoms with van der Waals surface area (Å²) in [6.45, 7) is 10.6. The molecule has 5 nitrogen and oxygen atoms in total. The Labute approximate surface area is 138 Å². The van der Waals surface area contributed by atoms with Gasteiger partial charge in [-0.3, -0.25) is 0 Å². The van der Waals surface area contributed by atoms with E-state index in [9.17, 15) is 4.79 Å². The van der Waals surface area contributed by atoms with E-state index in [4.69, 9.17) is 14.2 Å². The molecule has 0 spiro atoms. The summed E-state index contributed by atoms with van der Waals surface area (Å²) in [6, 6.07) is 9.58. The van der Waals surface area contributed by atoms with Crippen molar-refractivity contribution >= 4 is 6.09 Å². The lowest BCUT2D eigenvalue weighted by molar-refractivity contribution is 0.0294. The molecule has 0 unspecified atom stereocenters. The highest BCUT2D eigenvalue weighted by molar-refractivity contribution is 5.68. The number of carbonyl (C=O) groups is 1. The van der Waals surface area contributed by atoms with Gasteiger partial charge >= 0.3 is 6.09 Å². The first-order valence-corrected chi connectivity index (χ1v) is 7.70. The van der Waals surface area contributed by atoms with E-state index in [1.165, 1.54) is 0 Å². The highest BCUT2D eigenvalue weighted by atomic mass is 16.6. The minimum Gasteiger partial charge on any atom is -0.444 e. The van der Waals surface area contributed by atoms with Gasteiger partial charge in [0.15, 0.2) is 0 Å². The van der Waals surface area contributed by atoms with Crippen LogP contribution in [-0.2, 0) is 20.8 Å². The fourth-order valence-corrected chi connectivity index (χ4v) is 1.79. The van der Waals surface area contributed by atoms with Gasteiger partial charge in [0.05, 0.1) is 32.5 Å². The molecule has 128 valence electrons. The lowest BCUT2D eigenvalue weighted by atomic mass is 10.2. The molecule has 1 atom stereocenters. The van der Waals surface area contributed by atoms with Gasteiger partial charge in [-0.2, -0.15) is 0 Å². The van der Waals surface area contributed by atoms with Crippen molar-refractivity contribution in [3.8, 4) is 0 Å². The summed E-state index contributed by atoms with van der Waals surface area (Å²) in [5, 5.41) is 2.77. The van der Waals surface area contributed by atoms with E-state index in [-0.39, 0.29) is 6.04 Å². The molecule has 0 heterocycles. The van der Waals surface area contributed by atoms with Gasteiger partial charge in [0.2, 0.25) is 0 Å². The third kappa shape index (κ3) is 9.71. The van der Waals surface area contributed by atoms with Gasteiger partial charge in [0.1, 0.15) is 5.60 Å². The van der Waals surface area contributed by atoms with Gasteiger partial charge in [-0.1, -0.05) is 36.4 Å². The van der Waals surface area contributed by atoms with Crippen LogP contribution in [0.2, 0.25) is 0 Å². The second-order valence-corrected chi connectivity index (χ2v) is 6.17. The van der Waals surface area contributed by atoms with Crippen LogP contribution >= 0.6 is 0 Å².